The highest BCUT2D eigenvalue weighted by Crippen LogP contribution is 2.15. The fourth-order valence-electron chi connectivity index (χ4n) is 1.93. The van der Waals surface area contributed by atoms with E-state index in [-0.39, 0.29) is 0 Å². The monoisotopic (exact) mass is 270 g/mol. The molecule has 0 unspecified atom stereocenters. The topological polar surface area (TPSA) is 49.8 Å². The van der Waals surface area contributed by atoms with Crippen molar-refractivity contribution in [2.75, 3.05) is 17.2 Å². The summed E-state index contributed by atoms with van der Waals surface area (Å²) < 4.78 is 0. The molecule has 0 fully saturated rings. The zero-order valence-electron chi connectivity index (χ0n) is 12.4. The summed E-state index contributed by atoms with van der Waals surface area (Å²) in [4.78, 5) is 8.60. The predicted octanol–water partition coefficient (Wildman–Crippen LogP) is 3.64. The first kappa shape index (κ1) is 14.3. The summed E-state index contributed by atoms with van der Waals surface area (Å²) in [5.41, 5.74) is 2.60. The number of hydrogen-bond donors (Lipinski definition) is 2. The molecule has 106 valence electrons. The molecule has 0 aliphatic heterocycles. The average Bonchev–Trinajstić information content (AvgIpc) is 2.46. The molecular formula is C16H22N4. The van der Waals surface area contributed by atoms with Gasteiger partial charge in [0.05, 0.1) is 12.4 Å². The van der Waals surface area contributed by atoms with Gasteiger partial charge >= 0.3 is 0 Å². The Balaban J connectivity index is 1.96. The fourth-order valence-corrected chi connectivity index (χ4v) is 1.93. The van der Waals surface area contributed by atoms with Gasteiger partial charge in [0.1, 0.15) is 11.6 Å². The van der Waals surface area contributed by atoms with E-state index in [9.17, 15) is 0 Å². The Morgan fingerprint density at radius 2 is 1.65 bits per heavy atom. The third kappa shape index (κ3) is 3.95. The number of nitrogens with zero attached hydrogens (tertiary/aromatic N) is 2. The molecule has 1 aromatic heterocycles. The van der Waals surface area contributed by atoms with Crippen LogP contribution in [0.5, 0.6) is 0 Å². The summed E-state index contributed by atoms with van der Waals surface area (Å²) in [7, 11) is 0. The molecule has 0 saturated heterocycles. The van der Waals surface area contributed by atoms with E-state index in [1.54, 1.807) is 12.4 Å². The molecule has 0 aliphatic rings. The number of hydrogen-bond acceptors (Lipinski definition) is 4. The Hall–Kier alpha value is -2.10. The number of rotatable bonds is 6. The maximum absolute atomic E-state index is 4.44. The van der Waals surface area contributed by atoms with Gasteiger partial charge in [-0.1, -0.05) is 38.1 Å². The van der Waals surface area contributed by atoms with Crippen molar-refractivity contribution < 1.29 is 0 Å². The third-order valence-electron chi connectivity index (χ3n) is 3.11. The van der Waals surface area contributed by atoms with Crippen LogP contribution in [0.25, 0.3) is 0 Å². The summed E-state index contributed by atoms with van der Waals surface area (Å²) in [6.07, 6.45) is 3.47. The number of aromatic nitrogens is 2. The van der Waals surface area contributed by atoms with Gasteiger partial charge in [0.15, 0.2) is 0 Å². The van der Waals surface area contributed by atoms with Crippen molar-refractivity contribution in [3.05, 3.63) is 47.8 Å². The van der Waals surface area contributed by atoms with Gasteiger partial charge in [-0.25, -0.2) is 4.98 Å². The molecule has 0 saturated carbocycles. The van der Waals surface area contributed by atoms with Crippen LogP contribution in [0, 0.1) is 0 Å². The quantitative estimate of drug-likeness (QED) is 0.841. The molecule has 1 aromatic carbocycles. The number of nitrogens with one attached hydrogen (secondary N) is 2. The molecule has 0 radical (unpaired) electrons. The van der Waals surface area contributed by atoms with E-state index in [1.807, 2.05) is 6.92 Å². The van der Waals surface area contributed by atoms with Gasteiger partial charge in [0.2, 0.25) is 0 Å². The molecule has 0 aliphatic carbocycles. The second kappa shape index (κ2) is 6.89. The zero-order chi connectivity index (χ0) is 14.4. The standard InChI is InChI=1S/C16H22N4/c1-4-18-15-10-17-11-16(20-15)19-9-13-5-7-14(8-6-13)12(2)3/h5-8,10-12H,4,9H2,1-3H3,(H2,18,19,20). The number of anilines is 2. The van der Waals surface area contributed by atoms with Crippen LogP contribution >= 0.6 is 0 Å². The van der Waals surface area contributed by atoms with Gasteiger partial charge in [-0.3, -0.25) is 4.98 Å². The lowest BCUT2D eigenvalue weighted by atomic mass is 10.0. The molecule has 1 heterocycles. The summed E-state index contributed by atoms with van der Waals surface area (Å²) in [5, 5.41) is 6.45. The Labute approximate surface area is 120 Å². The van der Waals surface area contributed by atoms with E-state index in [1.165, 1.54) is 11.1 Å². The summed E-state index contributed by atoms with van der Waals surface area (Å²) in [6, 6.07) is 8.68. The first-order valence-electron chi connectivity index (χ1n) is 7.07. The van der Waals surface area contributed by atoms with E-state index >= 15 is 0 Å². The van der Waals surface area contributed by atoms with Gasteiger partial charge in [-0.2, -0.15) is 0 Å². The molecule has 0 amide bonds. The van der Waals surface area contributed by atoms with Crippen molar-refractivity contribution in [3.8, 4) is 0 Å². The van der Waals surface area contributed by atoms with Crippen LogP contribution in [0.3, 0.4) is 0 Å². The predicted molar refractivity (Wildman–Crippen MR) is 84.1 cm³/mol. The first-order chi connectivity index (χ1) is 9.69. The second-order valence-corrected chi connectivity index (χ2v) is 5.07. The average molecular weight is 270 g/mol. The highest BCUT2D eigenvalue weighted by molar-refractivity contribution is 5.42. The van der Waals surface area contributed by atoms with E-state index in [0.29, 0.717) is 5.92 Å². The minimum absolute atomic E-state index is 0.569. The van der Waals surface area contributed by atoms with Gasteiger partial charge in [0, 0.05) is 13.1 Å². The lowest BCUT2D eigenvalue weighted by Gasteiger charge is -2.09. The lowest BCUT2D eigenvalue weighted by Crippen LogP contribution is -2.05. The molecule has 4 nitrogen and oxygen atoms in total. The number of benzene rings is 1. The van der Waals surface area contributed by atoms with Crippen molar-refractivity contribution in [1.82, 2.24) is 9.97 Å². The molecule has 2 N–H and O–H groups in total. The molecule has 0 atom stereocenters. The van der Waals surface area contributed by atoms with Crippen molar-refractivity contribution in [2.45, 2.75) is 33.2 Å². The van der Waals surface area contributed by atoms with E-state index in [2.05, 4.69) is 58.7 Å². The molecule has 0 spiro atoms. The molecule has 4 heteroatoms. The van der Waals surface area contributed by atoms with E-state index < -0.39 is 0 Å². The molecule has 0 bridgehead atoms. The Morgan fingerprint density at radius 1 is 1.00 bits per heavy atom. The molecule has 2 rings (SSSR count). The Morgan fingerprint density at radius 3 is 2.25 bits per heavy atom. The molecule has 2 aromatic rings. The van der Waals surface area contributed by atoms with Gasteiger partial charge in [-0.15, -0.1) is 0 Å². The van der Waals surface area contributed by atoms with Crippen LogP contribution in [0.2, 0.25) is 0 Å². The van der Waals surface area contributed by atoms with Crippen LogP contribution in [0.4, 0.5) is 11.6 Å². The lowest BCUT2D eigenvalue weighted by molar-refractivity contribution is 0.865. The highest BCUT2D eigenvalue weighted by atomic mass is 15.1. The highest BCUT2D eigenvalue weighted by Gasteiger charge is 2.00. The summed E-state index contributed by atoms with van der Waals surface area (Å²) in [6.45, 7) is 8.04. The van der Waals surface area contributed by atoms with Crippen LogP contribution in [-0.4, -0.2) is 16.5 Å². The third-order valence-corrected chi connectivity index (χ3v) is 3.11. The van der Waals surface area contributed by atoms with Crippen LogP contribution in [0.15, 0.2) is 36.7 Å². The maximum atomic E-state index is 4.44. The normalized spacial score (nSPS) is 10.6. The smallest absolute Gasteiger partial charge is 0.147 e. The molecular weight excluding hydrogens is 248 g/mol. The van der Waals surface area contributed by atoms with Crippen LogP contribution in [-0.2, 0) is 6.54 Å². The van der Waals surface area contributed by atoms with Crippen LogP contribution < -0.4 is 10.6 Å². The molecule has 20 heavy (non-hydrogen) atoms. The Bertz CT molecular complexity index is 534. The minimum Gasteiger partial charge on any atom is -0.369 e. The second-order valence-electron chi connectivity index (χ2n) is 5.07. The van der Waals surface area contributed by atoms with E-state index in [0.717, 1.165) is 24.7 Å². The SMILES string of the molecule is CCNc1cncc(NCc2ccc(C(C)C)cc2)n1. The van der Waals surface area contributed by atoms with Crippen molar-refractivity contribution in [2.24, 2.45) is 0 Å². The van der Waals surface area contributed by atoms with Gasteiger partial charge < -0.3 is 10.6 Å². The van der Waals surface area contributed by atoms with Gasteiger partial charge in [-0.05, 0) is 24.0 Å². The first-order valence-corrected chi connectivity index (χ1v) is 7.07. The Kier molecular flexibility index (Phi) is 4.93. The minimum atomic E-state index is 0.569. The largest absolute Gasteiger partial charge is 0.369 e. The van der Waals surface area contributed by atoms with Crippen molar-refractivity contribution in [3.63, 3.8) is 0 Å². The van der Waals surface area contributed by atoms with Crippen molar-refractivity contribution in [1.29, 1.82) is 0 Å². The van der Waals surface area contributed by atoms with E-state index in [4.69, 9.17) is 0 Å². The summed E-state index contributed by atoms with van der Waals surface area (Å²) >= 11 is 0. The van der Waals surface area contributed by atoms with Crippen LogP contribution in [0.1, 0.15) is 37.8 Å². The maximum Gasteiger partial charge on any atom is 0.147 e. The fraction of sp³-hybridized carbons (Fsp3) is 0.375. The summed E-state index contributed by atoms with van der Waals surface area (Å²) in [5.74, 6) is 2.16. The zero-order valence-corrected chi connectivity index (χ0v) is 12.4. The van der Waals surface area contributed by atoms with Gasteiger partial charge in [0.25, 0.3) is 0 Å². The van der Waals surface area contributed by atoms with Crippen molar-refractivity contribution >= 4 is 11.6 Å².